The third kappa shape index (κ3) is 2.10. The summed E-state index contributed by atoms with van der Waals surface area (Å²) in [6.45, 7) is 0.679. The van der Waals surface area contributed by atoms with Gasteiger partial charge in [-0.1, -0.05) is 6.07 Å². The first kappa shape index (κ1) is 13.2. The van der Waals surface area contributed by atoms with Crippen molar-refractivity contribution in [3.63, 3.8) is 0 Å². The molecule has 0 bridgehead atoms. The minimum atomic E-state index is -0.306. The van der Waals surface area contributed by atoms with Crippen molar-refractivity contribution in [3.05, 3.63) is 30.0 Å². The van der Waals surface area contributed by atoms with Crippen LogP contribution >= 0.6 is 0 Å². The van der Waals surface area contributed by atoms with E-state index in [1.54, 1.807) is 7.11 Å². The van der Waals surface area contributed by atoms with Crippen LogP contribution in [-0.2, 0) is 11.8 Å². The van der Waals surface area contributed by atoms with Gasteiger partial charge in [0.2, 0.25) is 0 Å². The van der Waals surface area contributed by atoms with Gasteiger partial charge in [-0.05, 0) is 31.4 Å². The predicted molar refractivity (Wildman–Crippen MR) is 77.4 cm³/mol. The molecular weight excluding hydrogens is 254 g/mol. The molecule has 1 unspecified atom stereocenters. The Morgan fingerprint density at radius 1 is 1.40 bits per heavy atom. The molecule has 2 heterocycles. The van der Waals surface area contributed by atoms with Crippen LogP contribution in [0.2, 0.25) is 0 Å². The van der Waals surface area contributed by atoms with E-state index in [4.69, 9.17) is 9.47 Å². The standard InChI is InChI=1S/C16H19NO3/c1-17-10-11(16(18)14-7-3-4-9-20-14)15-12(17)6-5-8-13(15)19-2/h5-6,8,10,14H,3-4,7,9H2,1-2H3. The van der Waals surface area contributed by atoms with E-state index in [1.807, 2.05) is 36.0 Å². The summed E-state index contributed by atoms with van der Waals surface area (Å²) in [7, 11) is 3.58. The number of ketones is 1. The molecule has 1 aliphatic heterocycles. The monoisotopic (exact) mass is 273 g/mol. The van der Waals surface area contributed by atoms with E-state index in [0.29, 0.717) is 12.2 Å². The van der Waals surface area contributed by atoms with Crippen LogP contribution in [0.4, 0.5) is 0 Å². The highest BCUT2D eigenvalue weighted by Crippen LogP contribution is 2.32. The van der Waals surface area contributed by atoms with Gasteiger partial charge in [0.1, 0.15) is 11.9 Å². The second-order valence-electron chi connectivity index (χ2n) is 5.23. The maximum Gasteiger partial charge on any atom is 0.193 e. The highest BCUT2D eigenvalue weighted by molar-refractivity contribution is 6.12. The van der Waals surface area contributed by atoms with Crippen molar-refractivity contribution >= 4 is 16.7 Å². The third-order valence-electron chi connectivity index (χ3n) is 3.93. The maximum atomic E-state index is 12.7. The second kappa shape index (κ2) is 5.29. The summed E-state index contributed by atoms with van der Waals surface area (Å²) in [6, 6.07) is 5.82. The zero-order chi connectivity index (χ0) is 14.1. The fourth-order valence-electron chi connectivity index (χ4n) is 2.89. The number of aromatic nitrogens is 1. The van der Waals surface area contributed by atoms with Crippen LogP contribution < -0.4 is 4.74 Å². The summed E-state index contributed by atoms with van der Waals surface area (Å²) in [5.41, 5.74) is 1.70. The molecule has 2 aromatic rings. The van der Waals surface area contributed by atoms with Gasteiger partial charge < -0.3 is 14.0 Å². The number of aryl methyl sites for hydroxylation is 1. The number of hydrogen-bond donors (Lipinski definition) is 0. The summed E-state index contributed by atoms with van der Waals surface area (Å²) >= 11 is 0. The number of methoxy groups -OCH3 is 1. The number of fused-ring (bicyclic) bond motifs is 1. The molecule has 1 aromatic heterocycles. The lowest BCUT2D eigenvalue weighted by Gasteiger charge is -2.21. The smallest absolute Gasteiger partial charge is 0.193 e. The lowest BCUT2D eigenvalue weighted by molar-refractivity contribution is 0.0187. The molecule has 0 saturated carbocycles. The number of rotatable bonds is 3. The van der Waals surface area contributed by atoms with Crippen molar-refractivity contribution in [2.45, 2.75) is 25.4 Å². The lowest BCUT2D eigenvalue weighted by Crippen LogP contribution is -2.28. The Labute approximate surface area is 118 Å². The first-order valence-electron chi connectivity index (χ1n) is 7.00. The Bertz CT molecular complexity index is 638. The molecule has 3 rings (SSSR count). The molecule has 0 aliphatic carbocycles. The van der Waals surface area contributed by atoms with Crippen LogP contribution in [0, 0.1) is 0 Å². The zero-order valence-electron chi connectivity index (χ0n) is 11.9. The van der Waals surface area contributed by atoms with Gasteiger partial charge in [-0.15, -0.1) is 0 Å². The van der Waals surface area contributed by atoms with Crippen molar-refractivity contribution in [1.29, 1.82) is 0 Å². The first-order valence-corrected chi connectivity index (χ1v) is 7.00. The van der Waals surface area contributed by atoms with Crippen LogP contribution in [0.3, 0.4) is 0 Å². The molecule has 1 fully saturated rings. The highest BCUT2D eigenvalue weighted by Gasteiger charge is 2.27. The summed E-state index contributed by atoms with van der Waals surface area (Å²) in [6.07, 6.45) is 4.48. The van der Waals surface area contributed by atoms with Gasteiger partial charge in [0, 0.05) is 25.4 Å². The molecule has 4 heteroatoms. The number of hydrogen-bond acceptors (Lipinski definition) is 3. The molecule has 0 radical (unpaired) electrons. The Balaban J connectivity index is 2.08. The van der Waals surface area contributed by atoms with E-state index >= 15 is 0 Å². The van der Waals surface area contributed by atoms with E-state index in [2.05, 4.69) is 0 Å². The van der Waals surface area contributed by atoms with Crippen molar-refractivity contribution in [2.75, 3.05) is 13.7 Å². The third-order valence-corrected chi connectivity index (χ3v) is 3.93. The Morgan fingerprint density at radius 2 is 2.25 bits per heavy atom. The molecule has 0 spiro atoms. The maximum absolute atomic E-state index is 12.7. The van der Waals surface area contributed by atoms with Gasteiger partial charge in [-0.2, -0.15) is 0 Å². The van der Waals surface area contributed by atoms with E-state index in [1.165, 1.54) is 0 Å². The van der Waals surface area contributed by atoms with Gasteiger partial charge in [-0.25, -0.2) is 0 Å². The molecule has 1 aliphatic rings. The molecule has 4 nitrogen and oxygen atoms in total. The zero-order valence-corrected chi connectivity index (χ0v) is 11.9. The van der Waals surface area contributed by atoms with Crippen LogP contribution in [0.25, 0.3) is 10.9 Å². The Morgan fingerprint density at radius 3 is 2.95 bits per heavy atom. The molecule has 0 N–H and O–H groups in total. The summed E-state index contributed by atoms with van der Waals surface area (Å²) in [4.78, 5) is 12.7. The van der Waals surface area contributed by atoms with Crippen molar-refractivity contribution in [3.8, 4) is 5.75 Å². The molecular formula is C16H19NO3. The Hall–Kier alpha value is -1.81. The number of carbonyl (C=O) groups is 1. The predicted octanol–water partition coefficient (Wildman–Crippen LogP) is 2.94. The minimum Gasteiger partial charge on any atom is -0.496 e. The van der Waals surface area contributed by atoms with Crippen LogP contribution in [0.1, 0.15) is 29.6 Å². The van der Waals surface area contributed by atoms with Crippen LogP contribution in [0.5, 0.6) is 5.75 Å². The normalized spacial score (nSPS) is 19.2. The molecule has 1 aromatic carbocycles. The number of carbonyl (C=O) groups excluding carboxylic acids is 1. The number of benzene rings is 1. The topological polar surface area (TPSA) is 40.5 Å². The molecule has 1 atom stereocenters. The summed E-state index contributed by atoms with van der Waals surface area (Å²) in [5, 5.41) is 0.886. The van der Waals surface area contributed by atoms with Gasteiger partial charge in [0.15, 0.2) is 5.78 Å². The van der Waals surface area contributed by atoms with E-state index in [-0.39, 0.29) is 11.9 Å². The quantitative estimate of drug-likeness (QED) is 0.807. The highest BCUT2D eigenvalue weighted by atomic mass is 16.5. The number of nitrogens with zero attached hydrogens (tertiary/aromatic N) is 1. The van der Waals surface area contributed by atoms with E-state index in [9.17, 15) is 4.79 Å². The van der Waals surface area contributed by atoms with Crippen LogP contribution in [0.15, 0.2) is 24.4 Å². The van der Waals surface area contributed by atoms with Crippen molar-refractivity contribution in [1.82, 2.24) is 4.57 Å². The first-order chi connectivity index (χ1) is 9.72. The average Bonchev–Trinajstić information content (AvgIpc) is 2.85. The molecule has 20 heavy (non-hydrogen) atoms. The summed E-state index contributed by atoms with van der Waals surface area (Å²) in [5.74, 6) is 0.807. The number of Topliss-reactive ketones (excluding diaryl/α,β-unsaturated/α-hetero) is 1. The van der Waals surface area contributed by atoms with Gasteiger partial charge in [0.05, 0.1) is 18.0 Å². The fourth-order valence-corrected chi connectivity index (χ4v) is 2.89. The number of ether oxygens (including phenoxy) is 2. The van der Waals surface area contributed by atoms with E-state index in [0.717, 1.165) is 35.9 Å². The van der Waals surface area contributed by atoms with Gasteiger partial charge in [0.25, 0.3) is 0 Å². The largest absolute Gasteiger partial charge is 0.496 e. The second-order valence-corrected chi connectivity index (χ2v) is 5.23. The van der Waals surface area contributed by atoms with Crippen LogP contribution in [-0.4, -0.2) is 30.2 Å². The molecule has 0 amide bonds. The van der Waals surface area contributed by atoms with Crippen molar-refractivity contribution < 1.29 is 14.3 Å². The molecule has 106 valence electrons. The fraction of sp³-hybridized carbons (Fsp3) is 0.438. The average molecular weight is 273 g/mol. The van der Waals surface area contributed by atoms with Gasteiger partial charge >= 0.3 is 0 Å². The Kier molecular flexibility index (Phi) is 3.49. The van der Waals surface area contributed by atoms with Gasteiger partial charge in [-0.3, -0.25) is 4.79 Å². The van der Waals surface area contributed by atoms with E-state index < -0.39 is 0 Å². The van der Waals surface area contributed by atoms with Crippen molar-refractivity contribution in [2.24, 2.45) is 7.05 Å². The minimum absolute atomic E-state index is 0.0693. The molecule has 1 saturated heterocycles. The lowest BCUT2D eigenvalue weighted by atomic mass is 9.99. The summed E-state index contributed by atoms with van der Waals surface area (Å²) < 4.78 is 13.0. The SMILES string of the molecule is COc1cccc2c1c(C(=O)C1CCCCO1)cn2C.